The first-order valence-electron chi connectivity index (χ1n) is 7.15. The average Bonchev–Trinajstić information content (AvgIpc) is 2.77. The minimum Gasteiger partial charge on any atom is -0.490 e. The van der Waals surface area contributed by atoms with E-state index < -0.39 is 0 Å². The van der Waals surface area contributed by atoms with Gasteiger partial charge in [0.25, 0.3) is 0 Å². The van der Waals surface area contributed by atoms with Gasteiger partial charge in [-0.2, -0.15) is 0 Å². The van der Waals surface area contributed by atoms with Crippen LogP contribution in [0.5, 0.6) is 5.75 Å². The Balaban J connectivity index is 1.66. The van der Waals surface area contributed by atoms with Gasteiger partial charge in [-0.1, -0.05) is 55.0 Å². The second-order valence-corrected chi connectivity index (χ2v) is 6.32. The van der Waals surface area contributed by atoms with Crippen LogP contribution in [0.3, 0.4) is 0 Å². The highest BCUT2D eigenvalue weighted by atomic mass is 32.2. The van der Waals surface area contributed by atoms with Gasteiger partial charge in [0.2, 0.25) is 0 Å². The predicted molar refractivity (Wildman–Crippen MR) is 91.3 cm³/mol. The first-order chi connectivity index (χ1) is 9.86. The molecule has 0 bridgehead atoms. The SMILES string of the molecule is S=C(S/C=C\COc1ccccc1)N1CCCCCC1. The maximum Gasteiger partial charge on any atom is 0.140 e. The van der Waals surface area contributed by atoms with Gasteiger partial charge in [0.1, 0.15) is 16.7 Å². The highest BCUT2D eigenvalue weighted by Gasteiger charge is 2.11. The monoisotopic (exact) mass is 307 g/mol. The number of benzene rings is 1. The second-order valence-electron chi connectivity index (χ2n) is 4.78. The standard InChI is InChI=1S/C16H21NOS2/c19-16(17-11-6-1-2-7-12-17)20-14-8-13-18-15-9-4-3-5-10-15/h3-5,8-10,14H,1-2,6-7,11-13H2/b14-8-. The zero-order valence-electron chi connectivity index (χ0n) is 11.7. The van der Waals surface area contributed by atoms with Gasteiger partial charge in [-0.25, -0.2) is 0 Å². The van der Waals surface area contributed by atoms with Crippen LogP contribution in [0, 0.1) is 0 Å². The van der Waals surface area contributed by atoms with Crippen LogP contribution in [0.2, 0.25) is 0 Å². The number of ether oxygens (including phenoxy) is 1. The third kappa shape index (κ3) is 5.55. The smallest absolute Gasteiger partial charge is 0.140 e. The van der Waals surface area contributed by atoms with E-state index in [-0.39, 0.29) is 0 Å². The van der Waals surface area contributed by atoms with Crippen molar-refractivity contribution in [2.75, 3.05) is 19.7 Å². The van der Waals surface area contributed by atoms with Gasteiger partial charge in [-0.15, -0.1) is 0 Å². The molecule has 0 spiro atoms. The largest absolute Gasteiger partial charge is 0.490 e. The van der Waals surface area contributed by atoms with Crippen LogP contribution < -0.4 is 4.74 Å². The lowest BCUT2D eigenvalue weighted by Crippen LogP contribution is -2.27. The summed E-state index contributed by atoms with van der Waals surface area (Å²) in [7, 11) is 0. The molecule has 0 aliphatic carbocycles. The van der Waals surface area contributed by atoms with Crippen LogP contribution in [0.4, 0.5) is 0 Å². The molecule has 4 heteroatoms. The van der Waals surface area contributed by atoms with Crippen molar-refractivity contribution in [3.8, 4) is 5.75 Å². The topological polar surface area (TPSA) is 12.5 Å². The molecule has 1 aliphatic rings. The van der Waals surface area contributed by atoms with Crippen LogP contribution >= 0.6 is 24.0 Å². The van der Waals surface area contributed by atoms with E-state index in [0.717, 1.165) is 23.2 Å². The number of thiocarbonyl (C=S) groups is 1. The zero-order chi connectivity index (χ0) is 14.0. The van der Waals surface area contributed by atoms with Gasteiger partial charge in [-0.05, 0) is 36.5 Å². The van der Waals surface area contributed by atoms with Crippen molar-refractivity contribution in [2.45, 2.75) is 25.7 Å². The van der Waals surface area contributed by atoms with Gasteiger partial charge < -0.3 is 9.64 Å². The Bertz CT molecular complexity index is 425. The lowest BCUT2D eigenvalue weighted by molar-refractivity contribution is 0.363. The minimum atomic E-state index is 0.583. The molecule has 1 fully saturated rings. The summed E-state index contributed by atoms with van der Waals surface area (Å²) in [6, 6.07) is 9.86. The molecule has 0 N–H and O–H groups in total. The van der Waals surface area contributed by atoms with Crippen molar-refractivity contribution >= 4 is 28.3 Å². The maximum absolute atomic E-state index is 5.60. The summed E-state index contributed by atoms with van der Waals surface area (Å²) in [5.74, 6) is 0.900. The van der Waals surface area contributed by atoms with Crippen molar-refractivity contribution in [1.82, 2.24) is 4.90 Å². The van der Waals surface area contributed by atoms with E-state index in [4.69, 9.17) is 17.0 Å². The summed E-state index contributed by atoms with van der Waals surface area (Å²) in [6.07, 6.45) is 7.22. The minimum absolute atomic E-state index is 0.583. The fraction of sp³-hybridized carbons (Fsp3) is 0.438. The van der Waals surface area contributed by atoms with Gasteiger partial charge in [-0.3, -0.25) is 0 Å². The highest BCUT2D eigenvalue weighted by Crippen LogP contribution is 2.17. The number of para-hydroxylation sites is 1. The molecule has 0 aromatic heterocycles. The Morgan fingerprint density at radius 3 is 2.55 bits per heavy atom. The first-order valence-corrected chi connectivity index (χ1v) is 8.43. The first kappa shape index (κ1) is 15.4. The summed E-state index contributed by atoms with van der Waals surface area (Å²) >= 11 is 7.10. The number of hydrogen-bond donors (Lipinski definition) is 0. The van der Waals surface area contributed by atoms with Crippen molar-refractivity contribution in [1.29, 1.82) is 0 Å². The van der Waals surface area contributed by atoms with Crippen molar-refractivity contribution in [2.24, 2.45) is 0 Å². The lowest BCUT2D eigenvalue weighted by atomic mass is 10.2. The van der Waals surface area contributed by atoms with E-state index in [1.807, 2.05) is 41.8 Å². The Morgan fingerprint density at radius 2 is 1.85 bits per heavy atom. The van der Waals surface area contributed by atoms with E-state index in [1.165, 1.54) is 25.7 Å². The molecule has 2 rings (SSSR count). The van der Waals surface area contributed by atoms with Crippen LogP contribution in [0.25, 0.3) is 0 Å². The molecule has 1 aromatic rings. The Labute approximate surface area is 131 Å². The molecular formula is C16H21NOS2. The van der Waals surface area contributed by atoms with E-state index in [9.17, 15) is 0 Å². The highest BCUT2D eigenvalue weighted by molar-refractivity contribution is 8.24. The van der Waals surface area contributed by atoms with Crippen molar-refractivity contribution < 1.29 is 4.74 Å². The summed E-state index contributed by atoms with van der Waals surface area (Å²) < 4.78 is 6.59. The molecule has 1 heterocycles. The number of rotatable bonds is 4. The van der Waals surface area contributed by atoms with Crippen LogP contribution in [-0.2, 0) is 0 Å². The number of nitrogens with zero attached hydrogens (tertiary/aromatic N) is 1. The Kier molecular flexibility index (Phi) is 6.95. The molecule has 20 heavy (non-hydrogen) atoms. The molecule has 1 aromatic carbocycles. The molecule has 0 saturated carbocycles. The normalized spacial score (nSPS) is 16.1. The fourth-order valence-corrected chi connectivity index (χ4v) is 3.11. The second kappa shape index (κ2) is 9.03. The molecule has 0 atom stereocenters. The molecule has 108 valence electrons. The third-order valence-corrected chi connectivity index (χ3v) is 4.55. The predicted octanol–water partition coefficient (Wildman–Crippen LogP) is 4.47. The third-order valence-electron chi connectivity index (χ3n) is 3.22. The van der Waals surface area contributed by atoms with Gasteiger partial charge in [0.15, 0.2) is 0 Å². The van der Waals surface area contributed by atoms with Crippen molar-refractivity contribution in [3.05, 3.63) is 41.8 Å². The fourth-order valence-electron chi connectivity index (χ4n) is 2.13. The van der Waals surface area contributed by atoms with Gasteiger partial charge in [0.05, 0.1) is 0 Å². The Hall–Kier alpha value is -1.00. The molecule has 0 radical (unpaired) electrons. The van der Waals surface area contributed by atoms with E-state index in [0.29, 0.717) is 6.61 Å². The number of hydrogen-bond acceptors (Lipinski definition) is 3. The quantitative estimate of drug-likeness (QED) is 0.760. The number of likely N-dealkylation sites (tertiary alicyclic amines) is 1. The molecule has 2 nitrogen and oxygen atoms in total. The van der Waals surface area contributed by atoms with Crippen LogP contribution in [0.1, 0.15) is 25.7 Å². The number of thioether (sulfide) groups is 1. The van der Waals surface area contributed by atoms with E-state index >= 15 is 0 Å². The molecule has 0 unspecified atom stereocenters. The van der Waals surface area contributed by atoms with Gasteiger partial charge in [0, 0.05) is 13.1 Å². The molecule has 0 amide bonds. The maximum atomic E-state index is 5.60. The van der Waals surface area contributed by atoms with Crippen LogP contribution in [0.15, 0.2) is 41.8 Å². The summed E-state index contributed by atoms with van der Waals surface area (Å²) in [6.45, 7) is 2.81. The van der Waals surface area contributed by atoms with Crippen molar-refractivity contribution in [3.63, 3.8) is 0 Å². The average molecular weight is 307 g/mol. The molecular weight excluding hydrogens is 286 g/mol. The zero-order valence-corrected chi connectivity index (χ0v) is 13.3. The van der Waals surface area contributed by atoms with Crippen LogP contribution in [-0.4, -0.2) is 28.9 Å². The molecule has 1 saturated heterocycles. The van der Waals surface area contributed by atoms with E-state index in [1.54, 1.807) is 11.8 Å². The summed E-state index contributed by atoms with van der Waals surface area (Å²) in [4.78, 5) is 2.33. The lowest BCUT2D eigenvalue weighted by Gasteiger charge is -2.21. The summed E-state index contributed by atoms with van der Waals surface area (Å²) in [5.41, 5.74) is 0. The van der Waals surface area contributed by atoms with E-state index in [2.05, 4.69) is 4.90 Å². The summed E-state index contributed by atoms with van der Waals surface area (Å²) in [5, 5.41) is 2.04. The molecule has 1 aliphatic heterocycles. The Morgan fingerprint density at radius 1 is 1.15 bits per heavy atom. The van der Waals surface area contributed by atoms with Gasteiger partial charge >= 0.3 is 0 Å².